The highest BCUT2D eigenvalue weighted by molar-refractivity contribution is 5.25. The summed E-state index contributed by atoms with van der Waals surface area (Å²) in [4.78, 5) is 10.7. The van der Waals surface area contributed by atoms with Crippen LogP contribution in [0.15, 0.2) is 12.3 Å². The zero-order valence-corrected chi connectivity index (χ0v) is 10.2. The minimum absolute atomic E-state index is 0.201. The van der Waals surface area contributed by atoms with E-state index in [2.05, 4.69) is 21.8 Å². The molecular formula is C12H20N4O. The van der Waals surface area contributed by atoms with Crippen LogP contribution in [0.1, 0.15) is 32.0 Å². The van der Waals surface area contributed by atoms with Gasteiger partial charge in [0.05, 0.1) is 13.2 Å². The summed E-state index contributed by atoms with van der Waals surface area (Å²) in [5.41, 5.74) is 5.65. The lowest BCUT2D eigenvalue weighted by atomic mass is 9.97. The lowest BCUT2D eigenvalue weighted by molar-refractivity contribution is 0.0431. The molecule has 2 rings (SSSR count). The Morgan fingerprint density at radius 3 is 3.06 bits per heavy atom. The Hall–Kier alpha value is -1.20. The molecule has 1 saturated heterocycles. The second-order valence-electron chi connectivity index (χ2n) is 4.69. The fourth-order valence-electron chi connectivity index (χ4n) is 2.48. The number of likely N-dealkylation sites (tertiary alicyclic amines) is 1. The molecule has 0 spiro atoms. The van der Waals surface area contributed by atoms with E-state index in [1.54, 1.807) is 12.3 Å². The first-order valence-corrected chi connectivity index (χ1v) is 6.14. The molecule has 0 bridgehead atoms. The van der Waals surface area contributed by atoms with Crippen LogP contribution in [0.5, 0.6) is 0 Å². The maximum absolute atomic E-state index is 9.40. The van der Waals surface area contributed by atoms with Crippen LogP contribution >= 0.6 is 0 Å². The molecule has 1 aromatic heterocycles. The molecule has 2 heterocycles. The maximum atomic E-state index is 9.40. The van der Waals surface area contributed by atoms with Crippen molar-refractivity contribution in [3.8, 4) is 0 Å². The number of aliphatic hydroxyl groups is 1. The van der Waals surface area contributed by atoms with Crippen molar-refractivity contribution in [3.63, 3.8) is 0 Å². The van der Waals surface area contributed by atoms with Crippen LogP contribution in [-0.2, 0) is 6.54 Å². The average molecular weight is 236 g/mol. The van der Waals surface area contributed by atoms with E-state index in [0.717, 1.165) is 12.2 Å². The van der Waals surface area contributed by atoms with Crippen molar-refractivity contribution in [3.05, 3.63) is 18.1 Å². The molecule has 1 aliphatic heterocycles. The Morgan fingerprint density at radius 1 is 1.53 bits per heavy atom. The summed E-state index contributed by atoms with van der Waals surface area (Å²) < 4.78 is 0. The van der Waals surface area contributed by atoms with Crippen LogP contribution in [0, 0.1) is 0 Å². The van der Waals surface area contributed by atoms with Crippen molar-refractivity contribution < 1.29 is 5.11 Å². The number of rotatable bonds is 3. The maximum Gasteiger partial charge on any atom is 0.144 e. The third kappa shape index (κ3) is 2.92. The van der Waals surface area contributed by atoms with Gasteiger partial charge in [-0.2, -0.15) is 0 Å². The number of hydrogen-bond donors (Lipinski definition) is 2. The number of nitrogens with two attached hydrogens (primary N) is 1. The monoisotopic (exact) mass is 236 g/mol. The van der Waals surface area contributed by atoms with E-state index in [1.165, 1.54) is 12.8 Å². The van der Waals surface area contributed by atoms with E-state index >= 15 is 0 Å². The number of aromatic nitrogens is 2. The van der Waals surface area contributed by atoms with Gasteiger partial charge in [0.1, 0.15) is 11.6 Å². The Balaban J connectivity index is 2.09. The molecule has 0 amide bonds. The number of hydrogen-bond acceptors (Lipinski definition) is 5. The number of nitrogen functional groups attached to an aromatic ring is 1. The zero-order chi connectivity index (χ0) is 12.3. The summed E-state index contributed by atoms with van der Waals surface area (Å²) in [6, 6.07) is 2.38. The minimum atomic E-state index is 0.201. The molecule has 0 aromatic carbocycles. The van der Waals surface area contributed by atoms with Crippen LogP contribution in [0.2, 0.25) is 0 Å². The Morgan fingerprint density at radius 2 is 2.35 bits per heavy atom. The number of nitrogens with zero attached hydrogens (tertiary/aromatic N) is 3. The third-order valence-corrected chi connectivity index (χ3v) is 3.46. The molecule has 2 atom stereocenters. The van der Waals surface area contributed by atoms with Crippen molar-refractivity contribution in [2.75, 3.05) is 12.3 Å². The molecule has 0 radical (unpaired) electrons. The van der Waals surface area contributed by atoms with Gasteiger partial charge in [-0.25, -0.2) is 9.97 Å². The first kappa shape index (κ1) is 12.3. The summed E-state index contributed by atoms with van der Waals surface area (Å²) in [7, 11) is 0. The summed E-state index contributed by atoms with van der Waals surface area (Å²) in [6.07, 6.45) is 5.07. The highest BCUT2D eigenvalue weighted by Crippen LogP contribution is 2.23. The van der Waals surface area contributed by atoms with Crippen molar-refractivity contribution in [1.82, 2.24) is 14.9 Å². The fraction of sp³-hybridized carbons (Fsp3) is 0.667. The second-order valence-corrected chi connectivity index (χ2v) is 4.69. The number of piperidine rings is 1. The molecule has 0 saturated carbocycles. The van der Waals surface area contributed by atoms with E-state index in [-0.39, 0.29) is 12.6 Å². The van der Waals surface area contributed by atoms with Crippen LogP contribution in [-0.4, -0.2) is 38.7 Å². The minimum Gasteiger partial charge on any atom is -0.395 e. The van der Waals surface area contributed by atoms with Gasteiger partial charge in [-0.05, 0) is 25.8 Å². The SMILES string of the molecule is C[C@@H]1CCC[C@@H](CO)N1Cc1nccc(N)n1. The van der Waals surface area contributed by atoms with E-state index in [9.17, 15) is 5.11 Å². The summed E-state index contributed by atoms with van der Waals surface area (Å²) in [5, 5.41) is 9.40. The predicted molar refractivity (Wildman–Crippen MR) is 66.2 cm³/mol. The normalized spacial score (nSPS) is 26.0. The van der Waals surface area contributed by atoms with Gasteiger partial charge in [-0.1, -0.05) is 6.42 Å². The average Bonchev–Trinajstić information content (AvgIpc) is 2.32. The van der Waals surface area contributed by atoms with Gasteiger partial charge in [0.2, 0.25) is 0 Å². The molecule has 1 aromatic rings. The smallest absolute Gasteiger partial charge is 0.144 e. The van der Waals surface area contributed by atoms with E-state index in [4.69, 9.17) is 5.73 Å². The lowest BCUT2D eigenvalue weighted by Gasteiger charge is -2.39. The Bertz CT molecular complexity index is 371. The summed E-state index contributed by atoms with van der Waals surface area (Å²) in [6.45, 7) is 3.05. The van der Waals surface area contributed by atoms with Gasteiger partial charge in [0.15, 0.2) is 0 Å². The molecule has 17 heavy (non-hydrogen) atoms. The zero-order valence-electron chi connectivity index (χ0n) is 10.2. The lowest BCUT2D eigenvalue weighted by Crippen LogP contribution is -2.46. The van der Waals surface area contributed by atoms with Gasteiger partial charge in [0.25, 0.3) is 0 Å². The van der Waals surface area contributed by atoms with Crippen LogP contribution in [0.4, 0.5) is 5.82 Å². The molecule has 94 valence electrons. The Labute approximate surface area is 102 Å². The molecule has 3 N–H and O–H groups in total. The van der Waals surface area contributed by atoms with Crippen molar-refractivity contribution in [2.45, 2.75) is 44.8 Å². The molecule has 1 fully saturated rings. The summed E-state index contributed by atoms with van der Waals surface area (Å²) >= 11 is 0. The van der Waals surface area contributed by atoms with Crippen molar-refractivity contribution >= 4 is 5.82 Å². The van der Waals surface area contributed by atoms with E-state index in [0.29, 0.717) is 18.4 Å². The van der Waals surface area contributed by atoms with Gasteiger partial charge in [0, 0.05) is 18.3 Å². The standard InChI is InChI=1S/C12H20N4O/c1-9-3-2-4-10(8-17)16(9)7-12-14-6-5-11(13)15-12/h5-6,9-10,17H,2-4,7-8H2,1H3,(H2,13,14,15)/t9-,10+/m1/s1. The highest BCUT2D eigenvalue weighted by atomic mass is 16.3. The number of anilines is 1. The Kier molecular flexibility index (Phi) is 3.91. The third-order valence-electron chi connectivity index (χ3n) is 3.46. The topological polar surface area (TPSA) is 75.3 Å². The largest absolute Gasteiger partial charge is 0.395 e. The molecule has 5 nitrogen and oxygen atoms in total. The van der Waals surface area contributed by atoms with Gasteiger partial charge in [-0.15, -0.1) is 0 Å². The van der Waals surface area contributed by atoms with Crippen LogP contribution in [0.25, 0.3) is 0 Å². The summed E-state index contributed by atoms with van der Waals surface area (Å²) in [5.74, 6) is 1.23. The van der Waals surface area contributed by atoms with E-state index < -0.39 is 0 Å². The quantitative estimate of drug-likeness (QED) is 0.811. The van der Waals surface area contributed by atoms with Gasteiger partial charge < -0.3 is 10.8 Å². The molecule has 1 aliphatic rings. The second kappa shape index (κ2) is 5.42. The van der Waals surface area contributed by atoms with Crippen molar-refractivity contribution in [1.29, 1.82) is 0 Å². The van der Waals surface area contributed by atoms with E-state index in [1.807, 2.05) is 0 Å². The van der Waals surface area contributed by atoms with Crippen LogP contribution in [0.3, 0.4) is 0 Å². The predicted octanol–water partition coefficient (Wildman–Crippen LogP) is 0.794. The molecule has 5 heteroatoms. The molecular weight excluding hydrogens is 216 g/mol. The fourth-order valence-corrected chi connectivity index (χ4v) is 2.48. The van der Waals surface area contributed by atoms with Gasteiger partial charge >= 0.3 is 0 Å². The molecule has 0 aliphatic carbocycles. The first-order chi connectivity index (χ1) is 8.20. The van der Waals surface area contributed by atoms with Crippen LogP contribution < -0.4 is 5.73 Å². The van der Waals surface area contributed by atoms with Crippen molar-refractivity contribution in [2.24, 2.45) is 0 Å². The highest BCUT2D eigenvalue weighted by Gasteiger charge is 2.27. The first-order valence-electron chi connectivity index (χ1n) is 6.14. The van der Waals surface area contributed by atoms with Gasteiger partial charge in [-0.3, -0.25) is 4.90 Å². The molecule has 0 unspecified atom stereocenters. The number of aliphatic hydroxyl groups excluding tert-OH is 1.